The molecule has 4 rings (SSSR count). The van der Waals surface area contributed by atoms with Gasteiger partial charge in [0.2, 0.25) is 0 Å². The molecule has 1 aliphatic heterocycles. The molecule has 1 saturated heterocycles. The van der Waals surface area contributed by atoms with Crippen LogP contribution in [0.3, 0.4) is 0 Å². The Morgan fingerprint density at radius 1 is 0.895 bits per heavy atom. The van der Waals surface area contributed by atoms with Crippen LogP contribution in [0.5, 0.6) is 5.75 Å². The van der Waals surface area contributed by atoms with Crippen LogP contribution in [0, 0.1) is 0 Å². The summed E-state index contributed by atoms with van der Waals surface area (Å²) < 4.78 is 107. The zero-order chi connectivity index (χ0) is 27.9. The van der Waals surface area contributed by atoms with Crippen molar-refractivity contribution in [2.45, 2.75) is 34.6 Å². The van der Waals surface area contributed by atoms with Crippen LogP contribution in [0.1, 0.15) is 11.1 Å². The molecule has 0 unspecified atom stereocenters. The fourth-order valence-electron chi connectivity index (χ4n) is 4.38. The number of rotatable bonds is 6. The van der Waals surface area contributed by atoms with E-state index in [9.17, 15) is 45.0 Å². The second-order valence-corrected chi connectivity index (χ2v) is 11.9. The van der Waals surface area contributed by atoms with Crippen LogP contribution in [0.15, 0.2) is 70.3 Å². The number of nitrogens with zero attached hydrogens (tertiary/aromatic N) is 2. The number of hydrogen-bond acceptors (Lipinski definition) is 6. The first-order valence-electron chi connectivity index (χ1n) is 11.2. The first kappa shape index (κ1) is 28.2. The van der Waals surface area contributed by atoms with Crippen LogP contribution < -0.4 is 4.90 Å². The summed E-state index contributed by atoms with van der Waals surface area (Å²) in [6.45, 7) is 0.135. The second-order valence-electron chi connectivity index (χ2n) is 8.77. The number of phenols is 1. The van der Waals surface area contributed by atoms with E-state index in [2.05, 4.69) is 0 Å². The highest BCUT2D eigenvalue weighted by Crippen LogP contribution is 2.50. The molecule has 1 atom stereocenters. The van der Waals surface area contributed by atoms with Crippen LogP contribution in [-0.2, 0) is 22.0 Å². The molecule has 1 fully saturated rings. The molecule has 38 heavy (non-hydrogen) atoms. The third kappa shape index (κ3) is 5.22. The Morgan fingerprint density at radius 3 is 2.03 bits per heavy atom. The van der Waals surface area contributed by atoms with Gasteiger partial charge in [0, 0.05) is 36.9 Å². The lowest BCUT2D eigenvalue weighted by atomic mass is 9.92. The van der Waals surface area contributed by atoms with Gasteiger partial charge in [0.1, 0.15) is 9.96 Å². The summed E-state index contributed by atoms with van der Waals surface area (Å²) in [7, 11) is -3.81. The van der Waals surface area contributed by atoms with Gasteiger partial charge < -0.3 is 15.1 Å². The fraction of sp³-hybridized carbons (Fsp3) is 0.333. The van der Waals surface area contributed by atoms with E-state index in [-0.39, 0.29) is 41.7 Å². The number of thiophene rings is 1. The number of anilines is 1. The number of aromatic hydroxyl groups is 1. The van der Waals surface area contributed by atoms with E-state index >= 15 is 0 Å². The van der Waals surface area contributed by atoms with Gasteiger partial charge in [-0.1, -0.05) is 30.3 Å². The summed E-state index contributed by atoms with van der Waals surface area (Å²) in [6, 6.07) is 11.9. The Morgan fingerprint density at radius 2 is 1.50 bits per heavy atom. The molecule has 0 saturated carbocycles. The molecular formula is C24H22F6N2O4S2. The van der Waals surface area contributed by atoms with Gasteiger partial charge in [-0.25, -0.2) is 8.42 Å². The minimum Gasteiger partial charge on any atom is -0.508 e. The van der Waals surface area contributed by atoms with Crippen LogP contribution in [0.2, 0.25) is 0 Å². The summed E-state index contributed by atoms with van der Waals surface area (Å²) in [5, 5.41) is 20.9. The maximum absolute atomic E-state index is 13.3. The molecule has 206 valence electrons. The van der Waals surface area contributed by atoms with Crippen LogP contribution in [-0.4, -0.2) is 61.0 Å². The van der Waals surface area contributed by atoms with Crippen molar-refractivity contribution in [3.63, 3.8) is 0 Å². The molecule has 3 aromatic rings. The Bertz CT molecular complexity index is 1330. The van der Waals surface area contributed by atoms with Gasteiger partial charge in [-0.15, -0.1) is 11.3 Å². The first-order valence-corrected chi connectivity index (χ1v) is 13.5. The van der Waals surface area contributed by atoms with Crippen LogP contribution >= 0.6 is 11.3 Å². The zero-order valence-electron chi connectivity index (χ0n) is 19.4. The van der Waals surface area contributed by atoms with E-state index in [0.29, 0.717) is 12.1 Å². The average molecular weight is 581 g/mol. The molecule has 0 amide bonds. The minimum atomic E-state index is -6.00. The molecule has 1 aromatic heterocycles. The van der Waals surface area contributed by atoms with E-state index in [4.69, 9.17) is 0 Å². The van der Waals surface area contributed by atoms with Crippen molar-refractivity contribution in [3.8, 4) is 5.75 Å². The van der Waals surface area contributed by atoms with E-state index in [1.54, 1.807) is 28.5 Å². The van der Waals surface area contributed by atoms with Gasteiger partial charge in [-0.05, 0) is 47.7 Å². The normalized spacial score (nSPS) is 18.1. The smallest absolute Gasteiger partial charge is 0.430 e. The maximum atomic E-state index is 13.3. The summed E-state index contributed by atoms with van der Waals surface area (Å²) >= 11 is 1.06. The number of hydrogen-bond donors (Lipinski definition) is 2. The van der Waals surface area contributed by atoms with Crippen molar-refractivity contribution in [1.29, 1.82) is 0 Å². The van der Waals surface area contributed by atoms with Gasteiger partial charge in [-0.2, -0.15) is 30.6 Å². The van der Waals surface area contributed by atoms with Gasteiger partial charge in [-0.3, -0.25) is 0 Å². The Kier molecular flexibility index (Phi) is 7.47. The highest BCUT2D eigenvalue weighted by atomic mass is 32.2. The number of aliphatic hydroxyl groups is 1. The molecule has 14 heteroatoms. The molecule has 0 spiro atoms. The second kappa shape index (κ2) is 10.1. The number of alkyl halides is 6. The first-order chi connectivity index (χ1) is 17.6. The van der Waals surface area contributed by atoms with Gasteiger partial charge in [0.05, 0.1) is 0 Å². The molecule has 6 nitrogen and oxygen atoms in total. The predicted molar refractivity (Wildman–Crippen MR) is 128 cm³/mol. The third-order valence-electron chi connectivity index (χ3n) is 6.38. The molecule has 2 aromatic carbocycles. The number of sulfonamides is 1. The summed E-state index contributed by atoms with van der Waals surface area (Å²) in [4.78, 5) is 1.71. The Hall–Kier alpha value is -2.81. The molecule has 1 aliphatic rings. The van der Waals surface area contributed by atoms with E-state index in [1.165, 1.54) is 22.5 Å². The van der Waals surface area contributed by atoms with Crippen LogP contribution in [0.25, 0.3) is 0 Å². The van der Waals surface area contributed by atoms with Crippen LogP contribution in [0.4, 0.5) is 32.0 Å². The summed E-state index contributed by atoms with van der Waals surface area (Å²) in [5.74, 6) is 0.0218. The van der Waals surface area contributed by atoms with E-state index < -0.39 is 39.6 Å². The summed E-state index contributed by atoms with van der Waals surface area (Å²) in [6.07, 6.45) is -11.7. The Labute approximate surface area is 218 Å². The zero-order valence-corrected chi connectivity index (χ0v) is 21.1. The minimum absolute atomic E-state index is 0.00208. The number of benzene rings is 2. The van der Waals surface area contributed by atoms with Gasteiger partial charge in [0.15, 0.2) is 0 Å². The largest absolute Gasteiger partial charge is 0.508 e. The van der Waals surface area contributed by atoms with Crippen molar-refractivity contribution < 1.29 is 45.0 Å². The van der Waals surface area contributed by atoms with Crippen molar-refractivity contribution >= 4 is 27.0 Å². The molecule has 0 bridgehead atoms. The lowest BCUT2D eigenvalue weighted by Crippen LogP contribution is -2.55. The summed E-state index contributed by atoms with van der Waals surface area (Å²) in [5.41, 5.74) is -5.43. The van der Waals surface area contributed by atoms with Gasteiger partial charge in [0.25, 0.3) is 15.6 Å². The van der Waals surface area contributed by atoms with E-state index in [1.807, 2.05) is 0 Å². The van der Waals surface area contributed by atoms with E-state index in [0.717, 1.165) is 29.0 Å². The van der Waals surface area contributed by atoms with Crippen molar-refractivity contribution in [1.82, 2.24) is 4.31 Å². The standard InChI is InChI=1S/C24H22F6N2O4S2/c25-23(26,27)22(34,24(28,29)30)17-5-7-18(8-6-17)32-12-11-31(38(35,36)21-2-1-13-37-21)15-19(32)14-16-3-9-20(33)10-4-16/h1-10,13,19,33-34H,11-12,14-15H2/t19-/m0/s1. The lowest BCUT2D eigenvalue weighted by molar-refractivity contribution is -0.376. The monoisotopic (exact) mass is 580 g/mol. The molecule has 2 heterocycles. The predicted octanol–water partition coefficient (Wildman–Crippen LogP) is 4.89. The van der Waals surface area contributed by atoms with Crippen molar-refractivity contribution in [2.24, 2.45) is 0 Å². The quantitative estimate of drug-likeness (QED) is 0.406. The number of phenolic OH excluding ortho intramolecular Hbond substituents is 1. The highest BCUT2D eigenvalue weighted by molar-refractivity contribution is 7.91. The lowest BCUT2D eigenvalue weighted by Gasteiger charge is -2.42. The third-order valence-corrected chi connectivity index (χ3v) is 9.62. The molecule has 0 radical (unpaired) electrons. The topological polar surface area (TPSA) is 81.1 Å². The van der Waals surface area contributed by atoms with Crippen molar-refractivity contribution in [2.75, 3.05) is 24.5 Å². The highest BCUT2D eigenvalue weighted by Gasteiger charge is 2.71. The molecule has 0 aliphatic carbocycles. The number of piperazine rings is 1. The molecule has 2 N–H and O–H groups in total. The number of halogens is 6. The SMILES string of the molecule is O=S(=O)(c1cccs1)N1CCN(c2ccc(C(O)(C(F)(F)F)C(F)(F)F)cc2)[C@@H](Cc2ccc(O)cc2)C1. The maximum Gasteiger partial charge on any atom is 0.430 e. The van der Waals surface area contributed by atoms with Gasteiger partial charge >= 0.3 is 12.4 Å². The molecular weight excluding hydrogens is 558 g/mol. The fourth-order valence-corrected chi connectivity index (χ4v) is 7.00. The average Bonchev–Trinajstić information content (AvgIpc) is 3.40. The van der Waals surface area contributed by atoms with Crippen molar-refractivity contribution in [3.05, 3.63) is 77.2 Å². The Balaban J connectivity index is 1.67.